The van der Waals surface area contributed by atoms with Gasteiger partial charge in [0.25, 0.3) is 0 Å². The Morgan fingerprint density at radius 3 is 2.80 bits per heavy atom. The summed E-state index contributed by atoms with van der Waals surface area (Å²) in [6.45, 7) is 8.65. The molecule has 1 heterocycles. The Hall–Kier alpha value is -0.860. The molecule has 0 amide bonds. The van der Waals surface area contributed by atoms with Crippen molar-refractivity contribution in [3.05, 3.63) is 35.4 Å². The summed E-state index contributed by atoms with van der Waals surface area (Å²) in [5.74, 6) is 0. The van der Waals surface area contributed by atoms with E-state index in [1.807, 2.05) is 0 Å². The fourth-order valence-corrected chi connectivity index (χ4v) is 3.15. The van der Waals surface area contributed by atoms with Crippen molar-refractivity contribution >= 4 is 0 Å². The highest BCUT2D eigenvalue weighted by molar-refractivity contribution is 5.28. The predicted molar refractivity (Wildman–Crippen MR) is 85.1 cm³/mol. The third kappa shape index (κ3) is 3.62. The zero-order valence-corrected chi connectivity index (χ0v) is 13.2. The Bertz CT molecular complexity index is 410. The average molecular weight is 275 g/mol. The van der Waals surface area contributed by atoms with Gasteiger partial charge in [-0.1, -0.05) is 38.1 Å². The molecule has 1 fully saturated rings. The zero-order chi connectivity index (χ0) is 14.4. The summed E-state index contributed by atoms with van der Waals surface area (Å²) in [5, 5.41) is 3.72. The van der Waals surface area contributed by atoms with Gasteiger partial charge in [-0.05, 0) is 56.7 Å². The Labute approximate surface area is 123 Å². The quantitative estimate of drug-likeness (QED) is 0.838. The first-order chi connectivity index (χ1) is 9.69. The summed E-state index contributed by atoms with van der Waals surface area (Å²) in [7, 11) is 0. The summed E-state index contributed by atoms with van der Waals surface area (Å²) in [6, 6.07) is 9.28. The lowest BCUT2D eigenvalue weighted by atomic mass is 9.83. The van der Waals surface area contributed by atoms with Crippen molar-refractivity contribution in [1.29, 1.82) is 0 Å². The Morgan fingerprint density at radius 2 is 2.15 bits per heavy atom. The van der Waals surface area contributed by atoms with Gasteiger partial charge in [-0.25, -0.2) is 0 Å². The molecular weight excluding hydrogens is 246 g/mol. The second kappa shape index (κ2) is 7.24. The van der Waals surface area contributed by atoms with Crippen molar-refractivity contribution in [3.63, 3.8) is 0 Å². The van der Waals surface area contributed by atoms with Gasteiger partial charge in [-0.2, -0.15) is 0 Å². The van der Waals surface area contributed by atoms with E-state index in [9.17, 15) is 0 Å². The highest BCUT2D eigenvalue weighted by atomic mass is 16.5. The Balaban J connectivity index is 2.25. The zero-order valence-electron chi connectivity index (χ0n) is 13.2. The van der Waals surface area contributed by atoms with E-state index in [0.29, 0.717) is 6.04 Å². The molecule has 20 heavy (non-hydrogen) atoms. The van der Waals surface area contributed by atoms with Gasteiger partial charge < -0.3 is 10.1 Å². The first-order valence-electron chi connectivity index (χ1n) is 8.16. The van der Waals surface area contributed by atoms with E-state index < -0.39 is 0 Å². The van der Waals surface area contributed by atoms with E-state index in [0.717, 1.165) is 32.4 Å². The van der Waals surface area contributed by atoms with E-state index in [2.05, 4.69) is 50.4 Å². The number of hydrogen-bond donors (Lipinski definition) is 1. The summed E-state index contributed by atoms with van der Waals surface area (Å²) in [4.78, 5) is 0. The maximum absolute atomic E-state index is 6.19. The van der Waals surface area contributed by atoms with Crippen LogP contribution in [-0.4, -0.2) is 18.8 Å². The van der Waals surface area contributed by atoms with Crippen molar-refractivity contribution in [2.45, 2.75) is 64.5 Å². The standard InChI is InChI=1S/C18H29NO/c1-4-12-19-17(18(3)11-6-7-13-20-18)16-10-8-9-15(5-2)14-16/h8-10,14,17,19H,4-7,11-13H2,1-3H3. The van der Waals surface area contributed by atoms with Crippen LogP contribution in [-0.2, 0) is 11.2 Å². The van der Waals surface area contributed by atoms with Gasteiger partial charge >= 0.3 is 0 Å². The highest BCUT2D eigenvalue weighted by Gasteiger charge is 2.37. The number of benzene rings is 1. The van der Waals surface area contributed by atoms with Crippen LogP contribution in [0, 0.1) is 0 Å². The molecule has 1 aliphatic heterocycles. The minimum absolute atomic E-state index is 0.0697. The highest BCUT2D eigenvalue weighted by Crippen LogP contribution is 2.36. The van der Waals surface area contributed by atoms with E-state index in [4.69, 9.17) is 4.74 Å². The molecular formula is C18H29NO. The fourth-order valence-electron chi connectivity index (χ4n) is 3.15. The minimum atomic E-state index is -0.0697. The van der Waals surface area contributed by atoms with Gasteiger partial charge in [0.2, 0.25) is 0 Å². The molecule has 0 aliphatic carbocycles. The predicted octanol–water partition coefficient (Wildman–Crippen LogP) is 4.25. The molecule has 1 aliphatic rings. The summed E-state index contributed by atoms with van der Waals surface area (Å²) in [5.41, 5.74) is 2.71. The normalized spacial score (nSPS) is 24.6. The third-order valence-corrected chi connectivity index (χ3v) is 4.40. The topological polar surface area (TPSA) is 21.3 Å². The molecule has 2 nitrogen and oxygen atoms in total. The second-order valence-electron chi connectivity index (χ2n) is 6.10. The van der Waals surface area contributed by atoms with Crippen molar-refractivity contribution in [2.24, 2.45) is 0 Å². The van der Waals surface area contributed by atoms with E-state index in [1.165, 1.54) is 24.0 Å². The minimum Gasteiger partial charge on any atom is -0.373 e. The van der Waals surface area contributed by atoms with Crippen LogP contribution in [0.2, 0.25) is 0 Å². The number of ether oxygens (including phenoxy) is 1. The maximum atomic E-state index is 6.19. The summed E-state index contributed by atoms with van der Waals surface area (Å²) < 4.78 is 6.19. The molecule has 0 aromatic heterocycles. The lowest BCUT2D eigenvalue weighted by Crippen LogP contribution is -2.46. The van der Waals surface area contributed by atoms with Crippen LogP contribution in [0.4, 0.5) is 0 Å². The van der Waals surface area contributed by atoms with Gasteiger partial charge in [-0.3, -0.25) is 0 Å². The van der Waals surface area contributed by atoms with Gasteiger partial charge in [-0.15, -0.1) is 0 Å². The molecule has 0 spiro atoms. The Morgan fingerprint density at radius 1 is 1.30 bits per heavy atom. The molecule has 112 valence electrons. The molecule has 0 bridgehead atoms. The largest absolute Gasteiger partial charge is 0.373 e. The lowest BCUT2D eigenvalue weighted by Gasteiger charge is -2.41. The van der Waals surface area contributed by atoms with Gasteiger partial charge in [0, 0.05) is 6.61 Å². The molecule has 1 N–H and O–H groups in total. The molecule has 1 aromatic carbocycles. The van der Waals surface area contributed by atoms with Gasteiger partial charge in [0.15, 0.2) is 0 Å². The molecule has 0 saturated carbocycles. The molecule has 2 unspecified atom stereocenters. The third-order valence-electron chi connectivity index (χ3n) is 4.40. The van der Waals surface area contributed by atoms with E-state index >= 15 is 0 Å². The molecule has 0 radical (unpaired) electrons. The maximum Gasteiger partial charge on any atom is 0.0848 e. The molecule has 1 saturated heterocycles. The fraction of sp³-hybridized carbons (Fsp3) is 0.667. The van der Waals surface area contributed by atoms with Crippen molar-refractivity contribution in [1.82, 2.24) is 5.32 Å². The summed E-state index contributed by atoms with van der Waals surface area (Å²) in [6.07, 6.45) is 5.86. The monoisotopic (exact) mass is 275 g/mol. The number of rotatable bonds is 6. The van der Waals surface area contributed by atoms with Crippen LogP contribution in [0.25, 0.3) is 0 Å². The first kappa shape index (κ1) is 15.5. The Kier molecular flexibility index (Phi) is 5.62. The number of hydrogen-bond acceptors (Lipinski definition) is 2. The van der Waals surface area contributed by atoms with Crippen LogP contribution < -0.4 is 5.32 Å². The van der Waals surface area contributed by atoms with Crippen LogP contribution >= 0.6 is 0 Å². The van der Waals surface area contributed by atoms with Crippen molar-refractivity contribution in [3.8, 4) is 0 Å². The van der Waals surface area contributed by atoms with Crippen LogP contribution in [0.5, 0.6) is 0 Å². The number of nitrogens with one attached hydrogen (secondary N) is 1. The lowest BCUT2D eigenvalue weighted by molar-refractivity contribution is -0.0897. The van der Waals surface area contributed by atoms with Crippen molar-refractivity contribution in [2.75, 3.05) is 13.2 Å². The second-order valence-corrected chi connectivity index (χ2v) is 6.10. The average Bonchev–Trinajstić information content (AvgIpc) is 2.48. The first-order valence-corrected chi connectivity index (χ1v) is 8.16. The molecule has 1 aromatic rings. The van der Waals surface area contributed by atoms with Gasteiger partial charge in [0.05, 0.1) is 11.6 Å². The SMILES string of the molecule is CCCNC(c1cccc(CC)c1)C1(C)CCCCO1. The van der Waals surface area contributed by atoms with E-state index in [1.54, 1.807) is 0 Å². The smallest absolute Gasteiger partial charge is 0.0848 e. The molecule has 2 heteroatoms. The van der Waals surface area contributed by atoms with Crippen LogP contribution in [0.15, 0.2) is 24.3 Å². The summed E-state index contributed by atoms with van der Waals surface area (Å²) >= 11 is 0. The van der Waals surface area contributed by atoms with Crippen LogP contribution in [0.3, 0.4) is 0 Å². The molecule has 2 rings (SSSR count). The number of aryl methyl sites for hydroxylation is 1. The van der Waals surface area contributed by atoms with E-state index in [-0.39, 0.29) is 5.60 Å². The van der Waals surface area contributed by atoms with Gasteiger partial charge in [0.1, 0.15) is 0 Å². The van der Waals surface area contributed by atoms with Crippen LogP contribution in [0.1, 0.15) is 63.6 Å². The molecule has 2 atom stereocenters. The van der Waals surface area contributed by atoms with Crippen molar-refractivity contribution < 1.29 is 4.74 Å².